The van der Waals surface area contributed by atoms with Crippen LogP contribution in [-0.4, -0.2) is 28.8 Å². The van der Waals surface area contributed by atoms with Crippen molar-refractivity contribution < 1.29 is 14.6 Å². The second kappa shape index (κ2) is 6.53. The molecular formula is C14H27NO3. The van der Waals surface area contributed by atoms with Crippen molar-refractivity contribution in [3.8, 4) is 0 Å². The molecule has 0 saturated heterocycles. The summed E-state index contributed by atoms with van der Waals surface area (Å²) < 4.78 is 5.14. The van der Waals surface area contributed by atoms with Crippen LogP contribution in [-0.2, 0) is 9.53 Å². The average molecular weight is 257 g/mol. The Labute approximate surface area is 110 Å². The molecule has 1 saturated carbocycles. The van der Waals surface area contributed by atoms with Gasteiger partial charge in [-0.25, -0.2) is 4.79 Å². The molecular weight excluding hydrogens is 230 g/mol. The first-order valence-corrected chi connectivity index (χ1v) is 6.96. The molecule has 1 rings (SSSR count). The summed E-state index contributed by atoms with van der Waals surface area (Å²) in [5, 5.41) is 9.88. The summed E-state index contributed by atoms with van der Waals surface area (Å²) in [6.45, 7) is 5.35. The molecule has 0 radical (unpaired) electrons. The third-order valence-corrected chi connectivity index (χ3v) is 3.38. The van der Waals surface area contributed by atoms with Crippen molar-refractivity contribution in [2.45, 2.75) is 77.0 Å². The summed E-state index contributed by atoms with van der Waals surface area (Å²) in [6, 6.07) is -0.511. The molecule has 0 aromatic rings. The van der Waals surface area contributed by atoms with E-state index in [0.717, 1.165) is 12.8 Å². The Morgan fingerprint density at radius 3 is 2.39 bits per heavy atom. The number of hydrogen-bond acceptors (Lipinski definition) is 4. The van der Waals surface area contributed by atoms with Gasteiger partial charge in [-0.15, -0.1) is 0 Å². The monoisotopic (exact) mass is 257 g/mol. The lowest BCUT2D eigenvalue weighted by atomic mass is 9.84. The first-order valence-electron chi connectivity index (χ1n) is 6.96. The molecule has 0 aromatic carbocycles. The number of nitrogens with two attached hydrogens (primary N) is 1. The molecule has 0 aliphatic heterocycles. The number of esters is 1. The zero-order chi connectivity index (χ0) is 13.8. The Kier molecular flexibility index (Phi) is 5.60. The molecule has 1 aliphatic carbocycles. The number of rotatable bonds is 4. The Balaban J connectivity index is 2.39. The molecule has 18 heavy (non-hydrogen) atoms. The summed E-state index contributed by atoms with van der Waals surface area (Å²) in [6.07, 6.45) is 5.59. The predicted molar refractivity (Wildman–Crippen MR) is 71.0 cm³/mol. The molecule has 1 aliphatic rings. The lowest BCUT2D eigenvalue weighted by Crippen LogP contribution is -2.44. The van der Waals surface area contributed by atoms with Crippen LogP contribution in [0.15, 0.2) is 0 Å². The maximum Gasteiger partial charge on any atom is 0.337 e. The van der Waals surface area contributed by atoms with E-state index in [1.54, 1.807) is 20.8 Å². The molecule has 2 atom stereocenters. The van der Waals surface area contributed by atoms with Crippen molar-refractivity contribution >= 4 is 5.97 Å². The molecule has 4 nitrogen and oxygen atoms in total. The second-order valence-corrected chi connectivity index (χ2v) is 6.38. The molecule has 0 aromatic heterocycles. The van der Waals surface area contributed by atoms with E-state index < -0.39 is 23.7 Å². The van der Waals surface area contributed by atoms with Gasteiger partial charge in [-0.2, -0.15) is 0 Å². The third kappa shape index (κ3) is 5.36. The van der Waals surface area contributed by atoms with Crippen molar-refractivity contribution in [1.29, 1.82) is 0 Å². The van der Waals surface area contributed by atoms with E-state index in [2.05, 4.69) is 0 Å². The molecule has 0 spiro atoms. The van der Waals surface area contributed by atoms with Gasteiger partial charge in [-0.1, -0.05) is 32.1 Å². The van der Waals surface area contributed by atoms with Gasteiger partial charge in [-0.05, 0) is 33.1 Å². The van der Waals surface area contributed by atoms with Crippen molar-refractivity contribution in [1.82, 2.24) is 0 Å². The van der Waals surface area contributed by atoms with Gasteiger partial charge in [0.15, 0.2) is 6.10 Å². The van der Waals surface area contributed by atoms with Gasteiger partial charge in [0, 0.05) is 6.04 Å². The first kappa shape index (κ1) is 15.4. The first-order chi connectivity index (χ1) is 8.29. The highest BCUT2D eigenvalue weighted by molar-refractivity contribution is 5.75. The smallest absolute Gasteiger partial charge is 0.337 e. The third-order valence-electron chi connectivity index (χ3n) is 3.38. The van der Waals surface area contributed by atoms with E-state index in [1.165, 1.54) is 19.3 Å². The van der Waals surface area contributed by atoms with E-state index in [9.17, 15) is 9.90 Å². The molecule has 3 N–H and O–H groups in total. The van der Waals surface area contributed by atoms with Crippen molar-refractivity contribution in [3.05, 3.63) is 0 Å². The molecule has 0 heterocycles. The van der Waals surface area contributed by atoms with Gasteiger partial charge in [0.25, 0.3) is 0 Å². The van der Waals surface area contributed by atoms with Crippen LogP contribution in [0.4, 0.5) is 0 Å². The van der Waals surface area contributed by atoms with Crippen LogP contribution in [0, 0.1) is 5.92 Å². The van der Waals surface area contributed by atoms with Crippen LogP contribution >= 0.6 is 0 Å². The lowest BCUT2D eigenvalue weighted by molar-refractivity contribution is -0.166. The topological polar surface area (TPSA) is 72.5 Å². The second-order valence-electron chi connectivity index (χ2n) is 6.38. The van der Waals surface area contributed by atoms with Crippen LogP contribution in [0.1, 0.15) is 59.3 Å². The largest absolute Gasteiger partial charge is 0.458 e. The predicted octanol–water partition coefficient (Wildman–Crippen LogP) is 1.99. The number of hydrogen-bond donors (Lipinski definition) is 2. The summed E-state index contributed by atoms with van der Waals surface area (Å²) in [5.74, 6) is -0.0587. The molecule has 2 unspecified atom stereocenters. The average Bonchev–Trinajstić information content (AvgIpc) is 2.27. The van der Waals surface area contributed by atoms with Gasteiger partial charge in [-0.3, -0.25) is 0 Å². The number of ether oxygens (including phenoxy) is 1. The van der Waals surface area contributed by atoms with Crippen molar-refractivity contribution in [2.24, 2.45) is 11.7 Å². The number of aliphatic hydroxyl groups excluding tert-OH is 1. The minimum Gasteiger partial charge on any atom is -0.458 e. The summed E-state index contributed by atoms with van der Waals surface area (Å²) in [7, 11) is 0. The van der Waals surface area contributed by atoms with Crippen molar-refractivity contribution in [2.75, 3.05) is 0 Å². The highest BCUT2D eigenvalue weighted by Gasteiger charge is 2.30. The standard InChI is InChI=1S/C14H27NO3/c1-14(2,3)18-13(17)12(16)11(15)9-10-7-5-4-6-8-10/h10-12,16H,4-9,15H2,1-3H3. The van der Waals surface area contributed by atoms with Gasteiger partial charge in [0.05, 0.1) is 0 Å². The normalized spacial score (nSPS) is 21.4. The van der Waals surface area contributed by atoms with E-state index >= 15 is 0 Å². The summed E-state index contributed by atoms with van der Waals surface area (Å²) in [4.78, 5) is 11.7. The van der Waals surface area contributed by atoms with Crippen LogP contribution in [0.5, 0.6) is 0 Å². The molecule has 1 fully saturated rings. The Bertz CT molecular complexity index is 267. The number of aliphatic hydroxyl groups is 1. The Morgan fingerprint density at radius 1 is 1.33 bits per heavy atom. The SMILES string of the molecule is CC(C)(C)OC(=O)C(O)C(N)CC1CCCCC1. The van der Waals surface area contributed by atoms with Crippen LogP contribution < -0.4 is 5.73 Å². The molecule has 4 heteroatoms. The lowest BCUT2D eigenvalue weighted by Gasteiger charge is -2.28. The maximum atomic E-state index is 11.7. The number of carbonyl (C=O) groups excluding carboxylic acids is 1. The summed E-state index contributed by atoms with van der Waals surface area (Å²) in [5.41, 5.74) is 5.34. The van der Waals surface area contributed by atoms with Crippen LogP contribution in [0.25, 0.3) is 0 Å². The zero-order valence-electron chi connectivity index (χ0n) is 11.8. The quantitative estimate of drug-likeness (QED) is 0.755. The Hall–Kier alpha value is -0.610. The van der Waals surface area contributed by atoms with Gasteiger partial charge < -0.3 is 15.6 Å². The summed E-state index contributed by atoms with van der Waals surface area (Å²) >= 11 is 0. The highest BCUT2D eigenvalue weighted by Crippen LogP contribution is 2.27. The fourth-order valence-electron chi connectivity index (χ4n) is 2.47. The highest BCUT2D eigenvalue weighted by atomic mass is 16.6. The van der Waals surface area contributed by atoms with Crippen LogP contribution in [0.3, 0.4) is 0 Å². The van der Waals surface area contributed by atoms with Gasteiger partial charge in [0.2, 0.25) is 0 Å². The fourth-order valence-corrected chi connectivity index (χ4v) is 2.47. The van der Waals surface area contributed by atoms with Crippen molar-refractivity contribution in [3.63, 3.8) is 0 Å². The molecule has 106 valence electrons. The van der Waals surface area contributed by atoms with Gasteiger partial charge in [0.1, 0.15) is 5.60 Å². The van der Waals surface area contributed by atoms with E-state index in [4.69, 9.17) is 10.5 Å². The minimum atomic E-state index is -1.20. The Morgan fingerprint density at radius 2 is 1.89 bits per heavy atom. The van der Waals surface area contributed by atoms with E-state index in [1.807, 2.05) is 0 Å². The zero-order valence-corrected chi connectivity index (χ0v) is 11.8. The molecule has 0 bridgehead atoms. The molecule has 0 amide bonds. The van der Waals surface area contributed by atoms with E-state index in [-0.39, 0.29) is 0 Å². The van der Waals surface area contributed by atoms with Crippen LogP contribution in [0.2, 0.25) is 0 Å². The van der Waals surface area contributed by atoms with E-state index in [0.29, 0.717) is 12.3 Å². The number of carbonyl (C=O) groups is 1. The fraction of sp³-hybridized carbons (Fsp3) is 0.929. The van der Waals surface area contributed by atoms with Gasteiger partial charge >= 0.3 is 5.97 Å². The minimum absolute atomic E-state index is 0.511. The maximum absolute atomic E-state index is 11.7.